The third-order valence-electron chi connectivity index (χ3n) is 5.82. The van der Waals surface area contributed by atoms with Crippen molar-refractivity contribution in [3.05, 3.63) is 59.7 Å². The van der Waals surface area contributed by atoms with Crippen molar-refractivity contribution in [2.45, 2.75) is 44.2 Å². The minimum absolute atomic E-state index is 0.0238. The van der Waals surface area contributed by atoms with Gasteiger partial charge in [0.25, 0.3) is 0 Å². The maximum absolute atomic E-state index is 12.7. The summed E-state index contributed by atoms with van der Waals surface area (Å²) >= 11 is 0. The van der Waals surface area contributed by atoms with Gasteiger partial charge in [0, 0.05) is 23.2 Å². The van der Waals surface area contributed by atoms with Crippen LogP contribution in [0.1, 0.15) is 41.6 Å². The lowest BCUT2D eigenvalue weighted by Crippen LogP contribution is -2.48. The molecule has 3 rings (SSSR count). The van der Waals surface area contributed by atoms with Crippen LogP contribution in [-0.2, 0) is 16.0 Å². The number of hydrogen-bond donors (Lipinski definition) is 6. The van der Waals surface area contributed by atoms with Crippen molar-refractivity contribution in [2.75, 3.05) is 5.32 Å². The molecule has 0 spiro atoms. The number of carbonyl (C=O) groups excluding carboxylic acids is 3. The molecule has 1 saturated carbocycles. The van der Waals surface area contributed by atoms with Gasteiger partial charge in [-0.3, -0.25) is 14.4 Å². The van der Waals surface area contributed by atoms with Crippen molar-refractivity contribution in [1.82, 2.24) is 5.32 Å². The van der Waals surface area contributed by atoms with Crippen LogP contribution in [0.2, 0.25) is 0 Å². The van der Waals surface area contributed by atoms with Gasteiger partial charge in [0.1, 0.15) is 0 Å². The Morgan fingerprint density at radius 3 is 2.26 bits per heavy atom. The van der Waals surface area contributed by atoms with Gasteiger partial charge >= 0.3 is 0 Å². The molecule has 2 aromatic rings. The lowest BCUT2D eigenvalue weighted by atomic mass is 9.85. The molecular weight excluding hydrogens is 434 g/mol. The lowest BCUT2D eigenvalue weighted by Gasteiger charge is -2.30. The van der Waals surface area contributed by atoms with Crippen molar-refractivity contribution in [3.63, 3.8) is 0 Å². The molecule has 0 aromatic heterocycles. The van der Waals surface area contributed by atoms with Crippen LogP contribution in [0.5, 0.6) is 0 Å². The van der Waals surface area contributed by atoms with Gasteiger partial charge in [-0.2, -0.15) is 0 Å². The highest BCUT2D eigenvalue weighted by molar-refractivity contribution is 5.95. The van der Waals surface area contributed by atoms with E-state index in [4.69, 9.17) is 22.9 Å². The zero-order valence-electron chi connectivity index (χ0n) is 18.9. The fourth-order valence-electron chi connectivity index (χ4n) is 4.03. The van der Waals surface area contributed by atoms with Crippen molar-refractivity contribution in [1.29, 1.82) is 0 Å². The summed E-state index contributed by atoms with van der Waals surface area (Å²) < 4.78 is 0. The fraction of sp³-hybridized carbons (Fsp3) is 0.333. The Labute approximate surface area is 198 Å². The summed E-state index contributed by atoms with van der Waals surface area (Å²) in [5, 5.41) is 5.86. The number of guanidine groups is 1. The predicted octanol–water partition coefficient (Wildman–Crippen LogP) is 0.874. The van der Waals surface area contributed by atoms with Gasteiger partial charge in [0.05, 0.1) is 11.7 Å². The third kappa shape index (κ3) is 7.04. The van der Waals surface area contributed by atoms with Crippen LogP contribution < -0.4 is 33.6 Å². The molecule has 180 valence electrons. The van der Waals surface area contributed by atoms with Crippen molar-refractivity contribution in [3.8, 4) is 0 Å². The van der Waals surface area contributed by atoms with Gasteiger partial charge in [-0.25, -0.2) is 4.99 Å². The number of benzene rings is 2. The minimum atomic E-state index is -0.716. The molecule has 0 heterocycles. The molecule has 10 nitrogen and oxygen atoms in total. The molecule has 0 unspecified atom stereocenters. The molecule has 10 N–H and O–H groups in total. The minimum Gasteiger partial charge on any atom is -0.370 e. The Kier molecular flexibility index (Phi) is 8.20. The average Bonchev–Trinajstić information content (AvgIpc) is 2.80. The number of anilines is 1. The summed E-state index contributed by atoms with van der Waals surface area (Å²) in [4.78, 5) is 40.5. The van der Waals surface area contributed by atoms with Gasteiger partial charge in [-0.05, 0) is 67.6 Å². The van der Waals surface area contributed by atoms with Crippen LogP contribution in [0.4, 0.5) is 11.4 Å². The molecular formula is C24H31N7O3. The number of carbonyl (C=O) groups is 3. The lowest BCUT2D eigenvalue weighted by molar-refractivity contribution is -0.125. The van der Waals surface area contributed by atoms with Crippen LogP contribution >= 0.6 is 0 Å². The second-order valence-electron chi connectivity index (χ2n) is 8.51. The molecule has 1 fully saturated rings. The monoisotopic (exact) mass is 465 g/mol. The van der Waals surface area contributed by atoms with Gasteiger partial charge in [0.15, 0.2) is 5.96 Å². The van der Waals surface area contributed by atoms with E-state index in [1.807, 2.05) is 12.1 Å². The van der Waals surface area contributed by atoms with E-state index in [0.717, 1.165) is 24.8 Å². The van der Waals surface area contributed by atoms with Gasteiger partial charge in [-0.15, -0.1) is 0 Å². The van der Waals surface area contributed by atoms with Crippen LogP contribution in [0.25, 0.3) is 0 Å². The summed E-state index contributed by atoms with van der Waals surface area (Å²) in [5.74, 6) is -1.14. The Morgan fingerprint density at radius 1 is 0.971 bits per heavy atom. The molecule has 1 aliphatic carbocycles. The number of hydrogen-bond acceptors (Lipinski definition) is 5. The number of amides is 3. The zero-order valence-corrected chi connectivity index (χ0v) is 18.9. The van der Waals surface area contributed by atoms with Crippen LogP contribution in [-0.4, -0.2) is 35.8 Å². The number of rotatable bonds is 8. The van der Waals surface area contributed by atoms with Crippen molar-refractivity contribution >= 4 is 35.1 Å². The zero-order chi connectivity index (χ0) is 24.7. The highest BCUT2D eigenvalue weighted by Gasteiger charge is 2.29. The molecule has 3 amide bonds. The molecule has 34 heavy (non-hydrogen) atoms. The molecule has 0 aliphatic heterocycles. The molecule has 0 bridgehead atoms. The number of nitrogens with zero attached hydrogens (tertiary/aromatic N) is 1. The standard InChI is InChI=1S/C24H31N7O3/c25-20(12-14-4-8-18(9-5-14)31-24(27)28)23(34)30-19-3-1-2-16(13-19)22(33)29-17-10-6-15(7-11-17)21(26)32/h4-11,16,19-20H,1-3,12-13,25H2,(H2,26,32)(H,29,33)(H,30,34)(H4,27,28,31)/t16-,19+,20-/m0/s1. The van der Waals surface area contributed by atoms with Crippen LogP contribution in [0.15, 0.2) is 53.5 Å². The van der Waals surface area contributed by atoms with E-state index in [-0.39, 0.29) is 29.7 Å². The van der Waals surface area contributed by atoms with E-state index in [0.29, 0.717) is 29.8 Å². The summed E-state index contributed by atoms with van der Waals surface area (Å²) in [7, 11) is 0. The largest absolute Gasteiger partial charge is 0.370 e. The van der Waals surface area contributed by atoms with Crippen molar-refractivity contribution < 1.29 is 14.4 Å². The van der Waals surface area contributed by atoms with Crippen LogP contribution in [0.3, 0.4) is 0 Å². The number of primary amides is 1. The van der Waals surface area contributed by atoms with Gasteiger partial charge in [-0.1, -0.05) is 18.6 Å². The predicted molar refractivity (Wildman–Crippen MR) is 131 cm³/mol. The second kappa shape index (κ2) is 11.3. The van der Waals surface area contributed by atoms with Crippen molar-refractivity contribution in [2.24, 2.45) is 33.8 Å². The van der Waals surface area contributed by atoms with E-state index in [2.05, 4.69) is 15.6 Å². The average molecular weight is 466 g/mol. The Balaban J connectivity index is 1.50. The third-order valence-corrected chi connectivity index (χ3v) is 5.82. The molecule has 0 saturated heterocycles. The molecule has 10 heteroatoms. The molecule has 1 aliphatic rings. The normalized spacial score (nSPS) is 18.4. The highest BCUT2D eigenvalue weighted by Crippen LogP contribution is 2.26. The molecule has 0 radical (unpaired) electrons. The van der Waals surface area contributed by atoms with Gasteiger partial charge in [0.2, 0.25) is 17.7 Å². The second-order valence-corrected chi connectivity index (χ2v) is 8.51. The summed E-state index contributed by atoms with van der Waals surface area (Å²) in [6, 6.07) is 12.7. The quantitative estimate of drug-likeness (QED) is 0.247. The first kappa shape index (κ1) is 24.7. The Bertz CT molecular complexity index is 1050. The maximum Gasteiger partial charge on any atom is 0.248 e. The highest BCUT2D eigenvalue weighted by atomic mass is 16.2. The van der Waals surface area contributed by atoms with E-state index < -0.39 is 11.9 Å². The smallest absolute Gasteiger partial charge is 0.248 e. The number of nitrogens with one attached hydrogen (secondary N) is 2. The van der Waals surface area contributed by atoms with E-state index >= 15 is 0 Å². The summed E-state index contributed by atoms with van der Waals surface area (Å²) in [6.45, 7) is 0. The first-order chi connectivity index (χ1) is 16.2. The maximum atomic E-state index is 12.7. The Morgan fingerprint density at radius 2 is 1.65 bits per heavy atom. The fourth-order valence-corrected chi connectivity index (χ4v) is 4.03. The van der Waals surface area contributed by atoms with E-state index in [1.54, 1.807) is 36.4 Å². The van der Waals surface area contributed by atoms with E-state index in [9.17, 15) is 14.4 Å². The SMILES string of the molecule is NC(=O)c1ccc(NC(=O)[C@H]2CCC[C@@H](NC(=O)[C@@H](N)Cc3ccc(N=C(N)N)cc3)C2)cc1. The molecule has 3 atom stereocenters. The first-order valence-corrected chi connectivity index (χ1v) is 11.2. The topological polar surface area (TPSA) is 192 Å². The Hall–Kier alpha value is -3.92. The molecule has 2 aromatic carbocycles. The first-order valence-electron chi connectivity index (χ1n) is 11.2. The summed E-state index contributed by atoms with van der Waals surface area (Å²) in [5.41, 5.74) is 24.6. The van der Waals surface area contributed by atoms with E-state index in [1.165, 1.54) is 0 Å². The number of aliphatic imine (C=N–C) groups is 1. The van der Waals surface area contributed by atoms with Gasteiger partial charge < -0.3 is 33.6 Å². The number of nitrogens with two attached hydrogens (primary N) is 4. The van der Waals surface area contributed by atoms with Crippen LogP contribution in [0, 0.1) is 5.92 Å². The summed E-state index contributed by atoms with van der Waals surface area (Å²) in [6.07, 6.45) is 3.27.